The van der Waals surface area contributed by atoms with Crippen molar-refractivity contribution in [3.63, 3.8) is 0 Å². The van der Waals surface area contributed by atoms with Crippen LogP contribution in [0.3, 0.4) is 0 Å². The molecule has 24 heavy (non-hydrogen) atoms. The monoisotopic (exact) mass is 348 g/mol. The van der Waals surface area contributed by atoms with Crippen LogP contribution in [0.5, 0.6) is 5.75 Å². The van der Waals surface area contributed by atoms with Crippen molar-refractivity contribution in [2.75, 3.05) is 13.2 Å². The van der Waals surface area contributed by atoms with E-state index in [9.17, 15) is 18.0 Å². The number of aliphatic hydroxyl groups excluding tert-OH is 1. The van der Waals surface area contributed by atoms with Gasteiger partial charge in [0.1, 0.15) is 5.75 Å². The van der Waals surface area contributed by atoms with Crippen molar-refractivity contribution in [2.45, 2.75) is 39.0 Å². The van der Waals surface area contributed by atoms with Gasteiger partial charge in [-0.25, -0.2) is 4.79 Å². The van der Waals surface area contributed by atoms with Crippen molar-refractivity contribution >= 4 is 6.03 Å². The highest BCUT2D eigenvalue weighted by atomic mass is 19.4. The number of alkyl halides is 3. The van der Waals surface area contributed by atoms with E-state index in [1.807, 2.05) is 6.92 Å². The van der Waals surface area contributed by atoms with E-state index in [1.54, 1.807) is 26.0 Å². The first-order chi connectivity index (χ1) is 11.1. The third-order valence-corrected chi connectivity index (χ3v) is 3.63. The Labute approximate surface area is 139 Å². The fraction of sp³-hybridized carbons (Fsp3) is 0.562. The van der Waals surface area contributed by atoms with Gasteiger partial charge in [-0.2, -0.15) is 13.2 Å². The summed E-state index contributed by atoms with van der Waals surface area (Å²) in [6.07, 6.45) is -4.38. The van der Waals surface area contributed by atoms with Crippen LogP contribution < -0.4 is 15.4 Å². The van der Waals surface area contributed by atoms with Crippen molar-refractivity contribution in [1.82, 2.24) is 10.6 Å². The van der Waals surface area contributed by atoms with Crippen LogP contribution in [-0.4, -0.2) is 36.6 Å². The maximum Gasteiger partial charge on any atom is 0.422 e. The maximum absolute atomic E-state index is 12.1. The van der Waals surface area contributed by atoms with E-state index in [2.05, 4.69) is 15.4 Å². The van der Waals surface area contributed by atoms with Crippen LogP contribution in [-0.2, 0) is 0 Å². The molecule has 1 aromatic rings. The van der Waals surface area contributed by atoms with E-state index in [-0.39, 0.29) is 36.4 Å². The Hall–Kier alpha value is -1.96. The topological polar surface area (TPSA) is 70.6 Å². The Morgan fingerprint density at radius 1 is 1.17 bits per heavy atom. The number of aliphatic hydroxyl groups is 1. The summed E-state index contributed by atoms with van der Waals surface area (Å²) in [6.45, 7) is 3.98. The third-order valence-electron chi connectivity index (χ3n) is 3.63. The number of hydrogen-bond donors (Lipinski definition) is 3. The molecule has 3 unspecified atom stereocenters. The van der Waals surface area contributed by atoms with Gasteiger partial charge in [-0.15, -0.1) is 0 Å². The lowest BCUT2D eigenvalue weighted by Crippen LogP contribution is -2.44. The molecule has 5 nitrogen and oxygen atoms in total. The number of carbonyl (C=O) groups is 1. The summed E-state index contributed by atoms with van der Waals surface area (Å²) in [7, 11) is 0. The summed E-state index contributed by atoms with van der Waals surface area (Å²) in [5, 5.41) is 14.5. The molecule has 8 heteroatoms. The van der Waals surface area contributed by atoms with Gasteiger partial charge in [0.15, 0.2) is 6.61 Å². The van der Waals surface area contributed by atoms with E-state index < -0.39 is 12.8 Å². The molecule has 1 aromatic carbocycles. The Balaban J connectivity index is 2.53. The minimum atomic E-state index is -4.38. The second kappa shape index (κ2) is 8.77. The van der Waals surface area contributed by atoms with Crippen LogP contribution in [0.25, 0.3) is 0 Å². The van der Waals surface area contributed by atoms with E-state index in [4.69, 9.17) is 5.11 Å². The zero-order valence-electron chi connectivity index (χ0n) is 13.9. The molecule has 0 radical (unpaired) electrons. The molecular formula is C16H23F3N2O3. The Kier molecular flexibility index (Phi) is 7.34. The Morgan fingerprint density at radius 2 is 1.75 bits per heavy atom. The van der Waals surface area contributed by atoms with Crippen LogP contribution in [0.1, 0.15) is 32.4 Å². The van der Waals surface area contributed by atoms with E-state index in [0.29, 0.717) is 0 Å². The van der Waals surface area contributed by atoms with Crippen molar-refractivity contribution in [1.29, 1.82) is 0 Å². The summed E-state index contributed by atoms with van der Waals surface area (Å²) >= 11 is 0. The molecular weight excluding hydrogens is 325 g/mol. The number of hydrogen-bond acceptors (Lipinski definition) is 3. The molecule has 0 heterocycles. The van der Waals surface area contributed by atoms with Gasteiger partial charge in [0.25, 0.3) is 0 Å². The lowest BCUT2D eigenvalue weighted by molar-refractivity contribution is -0.153. The van der Waals surface area contributed by atoms with Gasteiger partial charge in [0.2, 0.25) is 0 Å². The Morgan fingerprint density at radius 3 is 2.25 bits per heavy atom. The standard InChI is InChI=1S/C16H23F3N2O3/c1-10(8-22)11(2)20-15(23)21-12(3)13-4-6-14(7-5-13)24-9-16(17,18)19/h4-7,10-12,22H,8-9H2,1-3H3,(H2,20,21,23). The van der Waals surface area contributed by atoms with Gasteiger partial charge in [-0.3, -0.25) is 0 Å². The first-order valence-electron chi connectivity index (χ1n) is 7.59. The van der Waals surface area contributed by atoms with Crippen LogP contribution in [0, 0.1) is 5.92 Å². The zero-order valence-corrected chi connectivity index (χ0v) is 13.9. The largest absolute Gasteiger partial charge is 0.484 e. The molecule has 0 aliphatic heterocycles. The van der Waals surface area contributed by atoms with Crippen LogP contribution >= 0.6 is 0 Å². The van der Waals surface area contributed by atoms with Crippen LogP contribution in [0.4, 0.5) is 18.0 Å². The zero-order chi connectivity index (χ0) is 18.3. The molecule has 3 N–H and O–H groups in total. The molecule has 0 aliphatic carbocycles. The molecule has 0 spiro atoms. The normalized spacial score (nSPS) is 15.3. The number of carbonyl (C=O) groups excluding carboxylic acids is 1. The van der Waals surface area contributed by atoms with Gasteiger partial charge in [0, 0.05) is 12.6 Å². The lowest BCUT2D eigenvalue weighted by atomic mass is 10.1. The maximum atomic E-state index is 12.1. The summed E-state index contributed by atoms with van der Waals surface area (Å²) < 4.78 is 40.9. The molecule has 3 atom stereocenters. The number of urea groups is 1. The predicted octanol–water partition coefficient (Wildman–Crippen LogP) is 3.00. The van der Waals surface area contributed by atoms with Gasteiger partial charge in [0.05, 0.1) is 6.04 Å². The number of nitrogens with one attached hydrogen (secondary N) is 2. The lowest BCUT2D eigenvalue weighted by Gasteiger charge is -2.22. The van der Waals surface area contributed by atoms with Crippen molar-refractivity contribution in [2.24, 2.45) is 5.92 Å². The average Bonchev–Trinajstić information content (AvgIpc) is 2.51. The summed E-state index contributed by atoms with van der Waals surface area (Å²) in [5.41, 5.74) is 0.729. The number of ether oxygens (including phenoxy) is 1. The molecule has 1 rings (SSSR count). The van der Waals surface area contributed by atoms with Crippen molar-refractivity contribution in [3.8, 4) is 5.75 Å². The molecule has 0 fully saturated rings. The second-order valence-electron chi connectivity index (χ2n) is 5.76. The SMILES string of the molecule is CC(NC(=O)NC(C)C(C)CO)c1ccc(OCC(F)(F)F)cc1. The summed E-state index contributed by atoms with van der Waals surface area (Å²) in [5.74, 6) is 0.0363. The van der Waals surface area contributed by atoms with E-state index >= 15 is 0 Å². The molecule has 0 aromatic heterocycles. The minimum Gasteiger partial charge on any atom is -0.484 e. The number of amides is 2. The summed E-state index contributed by atoms with van der Waals surface area (Å²) in [4.78, 5) is 11.9. The molecule has 136 valence electrons. The fourth-order valence-corrected chi connectivity index (χ4v) is 1.85. The van der Waals surface area contributed by atoms with Crippen molar-refractivity contribution < 1.29 is 27.8 Å². The highest BCUT2D eigenvalue weighted by Gasteiger charge is 2.28. The smallest absolute Gasteiger partial charge is 0.422 e. The van der Waals surface area contributed by atoms with E-state index in [0.717, 1.165) is 5.56 Å². The van der Waals surface area contributed by atoms with Gasteiger partial charge < -0.3 is 20.5 Å². The van der Waals surface area contributed by atoms with Gasteiger partial charge in [-0.1, -0.05) is 19.1 Å². The van der Waals surface area contributed by atoms with Crippen molar-refractivity contribution in [3.05, 3.63) is 29.8 Å². The first-order valence-corrected chi connectivity index (χ1v) is 7.59. The second-order valence-corrected chi connectivity index (χ2v) is 5.76. The Bertz CT molecular complexity index is 520. The van der Waals surface area contributed by atoms with E-state index in [1.165, 1.54) is 12.1 Å². The van der Waals surface area contributed by atoms with Gasteiger partial charge >= 0.3 is 12.2 Å². The fourth-order valence-electron chi connectivity index (χ4n) is 1.85. The summed E-state index contributed by atoms with van der Waals surface area (Å²) in [6, 6.07) is 5.13. The molecule has 0 aliphatic rings. The number of halogens is 3. The van der Waals surface area contributed by atoms with Crippen LogP contribution in [0.2, 0.25) is 0 Å². The predicted molar refractivity (Wildman–Crippen MR) is 83.8 cm³/mol. The average molecular weight is 348 g/mol. The molecule has 2 amide bonds. The van der Waals surface area contributed by atoms with Crippen LogP contribution in [0.15, 0.2) is 24.3 Å². The number of benzene rings is 1. The quantitative estimate of drug-likeness (QED) is 0.709. The molecule has 0 saturated heterocycles. The number of rotatable bonds is 7. The minimum absolute atomic E-state index is 0.0314. The van der Waals surface area contributed by atoms with Gasteiger partial charge in [-0.05, 0) is 37.5 Å². The highest BCUT2D eigenvalue weighted by molar-refractivity contribution is 5.74. The first kappa shape index (κ1) is 20.1. The third kappa shape index (κ3) is 7.08. The molecule has 0 bridgehead atoms. The highest BCUT2D eigenvalue weighted by Crippen LogP contribution is 2.21. The molecule has 0 saturated carbocycles.